The number of aromatic nitrogens is 1. The highest BCUT2D eigenvalue weighted by molar-refractivity contribution is 7.21. The van der Waals surface area contributed by atoms with Crippen molar-refractivity contribution in [2.45, 2.75) is 0 Å². The maximum absolute atomic E-state index is 13.3. The van der Waals surface area contributed by atoms with Gasteiger partial charge in [-0.15, -0.1) is 11.3 Å². The first-order valence-corrected chi connectivity index (χ1v) is 8.09. The fraction of sp³-hybridized carbons (Fsp3) is 0. The number of rotatable bonds is 2. The maximum Gasteiger partial charge on any atom is 0.204 e. The minimum absolute atomic E-state index is 0.164. The zero-order valence-electron chi connectivity index (χ0n) is 11.7. The van der Waals surface area contributed by atoms with Crippen LogP contribution in [0.2, 0.25) is 5.02 Å². The van der Waals surface area contributed by atoms with Crippen LogP contribution >= 0.6 is 22.9 Å². The Morgan fingerprint density at radius 2 is 1.96 bits per heavy atom. The highest BCUT2D eigenvalue weighted by Gasteiger charge is 2.19. The van der Waals surface area contributed by atoms with E-state index in [0.29, 0.717) is 25.5 Å². The second-order valence-corrected chi connectivity index (χ2v) is 6.58. The lowest BCUT2D eigenvalue weighted by molar-refractivity contribution is 0.104. The van der Waals surface area contributed by atoms with E-state index in [9.17, 15) is 9.18 Å². The molecule has 2 aromatic carbocycles. The number of carbonyl (C=O) groups excluding carboxylic acids is 1. The Morgan fingerprint density at radius 3 is 2.83 bits per heavy atom. The van der Waals surface area contributed by atoms with Gasteiger partial charge in [-0.05, 0) is 35.7 Å². The average molecular weight is 342 g/mol. The molecule has 0 radical (unpaired) electrons. The van der Waals surface area contributed by atoms with Gasteiger partial charge in [-0.3, -0.25) is 9.78 Å². The van der Waals surface area contributed by atoms with Crippen LogP contribution < -0.4 is 0 Å². The van der Waals surface area contributed by atoms with Crippen LogP contribution in [-0.2, 0) is 0 Å². The van der Waals surface area contributed by atoms with Crippen LogP contribution in [-0.4, -0.2) is 10.8 Å². The maximum atomic E-state index is 13.3. The van der Waals surface area contributed by atoms with Crippen LogP contribution in [0.1, 0.15) is 15.2 Å². The fourth-order valence-electron chi connectivity index (χ4n) is 2.54. The molecule has 2 aromatic heterocycles. The highest BCUT2D eigenvalue weighted by Crippen LogP contribution is 2.37. The third-order valence-electron chi connectivity index (χ3n) is 3.70. The standard InChI is InChI=1S/C18H9ClFNOS/c19-16-14-4-3-13(20)8-15(14)23-18(16)17(22)11-2-1-10-5-6-21-9-12(10)7-11/h1-9H. The number of thiophene rings is 1. The van der Waals surface area contributed by atoms with Gasteiger partial charge < -0.3 is 0 Å². The van der Waals surface area contributed by atoms with E-state index in [0.717, 1.165) is 10.8 Å². The third-order valence-corrected chi connectivity index (χ3v) is 5.36. The first-order chi connectivity index (χ1) is 11.1. The van der Waals surface area contributed by atoms with Crippen molar-refractivity contribution in [3.8, 4) is 0 Å². The number of halogens is 2. The second kappa shape index (κ2) is 5.41. The van der Waals surface area contributed by atoms with Crippen LogP contribution in [0.5, 0.6) is 0 Å². The van der Waals surface area contributed by atoms with Gasteiger partial charge in [0, 0.05) is 33.4 Å². The van der Waals surface area contributed by atoms with Crippen molar-refractivity contribution in [2.24, 2.45) is 0 Å². The summed E-state index contributed by atoms with van der Waals surface area (Å²) in [7, 11) is 0. The quantitative estimate of drug-likeness (QED) is 0.452. The largest absolute Gasteiger partial charge is 0.288 e. The lowest BCUT2D eigenvalue weighted by Crippen LogP contribution is -1.99. The smallest absolute Gasteiger partial charge is 0.204 e. The van der Waals surface area contributed by atoms with Crippen LogP contribution in [0.3, 0.4) is 0 Å². The van der Waals surface area contributed by atoms with Gasteiger partial charge in [-0.1, -0.05) is 23.7 Å². The molecule has 5 heteroatoms. The number of ketones is 1. The van der Waals surface area contributed by atoms with Gasteiger partial charge in [0.25, 0.3) is 0 Å². The molecule has 0 amide bonds. The first kappa shape index (κ1) is 14.3. The number of carbonyl (C=O) groups is 1. The molecule has 4 aromatic rings. The van der Waals surface area contributed by atoms with E-state index in [1.807, 2.05) is 12.1 Å². The predicted octanol–water partition coefficient (Wildman–Crippen LogP) is 5.47. The minimum Gasteiger partial charge on any atom is -0.288 e. The number of benzene rings is 2. The van der Waals surface area contributed by atoms with E-state index in [2.05, 4.69) is 4.98 Å². The molecule has 0 aliphatic carbocycles. The van der Waals surface area contributed by atoms with Gasteiger partial charge in [0.1, 0.15) is 5.82 Å². The molecular weight excluding hydrogens is 333 g/mol. The molecule has 112 valence electrons. The molecule has 0 unspecified atom stereocenters. The van der Waals surface area contributed by atoms with Gasteiger partial charge in [0.15, 0.2) is 0 Å². The summed E-state index contributed by atoms with van der Waals surface area (Å²) in [5.74, 6) is -0.506. The van der Waals surface area contributed by atoms with E-state index in [-0.39, 0.29) is 11.6 Å². The van der Waals surface area contributed by atoms with Crippen LogP contribution in [0.25, 0.3) is 20.9 Å². The SMILES string of the molecule is O=C(c1ccc2ccncc2c1)c1sc2cc(F)ccc2c1Cl. The van der Waals surface area contributed by atoms with Crippen LogP contribution in [0.15, 0.2) is 54.9 Å². The molecule has 0 bridgehead atoms. The number of fused-ring (bicyclic) bond motifs is 2. The van der Waals surface area contributed by atoms with Crippen LogP contribution in [0, 0.1) is 5.82 Å². The number of nitrogens with zero attached hydrogens (tertiary/aromatic N) is 1. The Balaban J connectivity index is 1.85. The normalized spacial score (nSPS) is 11.2. The van der Waals surface area contributed by atoms with Crippen molar-refractivity contribution in [1.29, 1.82) is 0 Å². The molecule has 2 nitrogen and oxygen atoms in total. The Bertz CT molecular complexity index is 1070. The Kier molecular flexibility index (Phi) is 3.36. The molecule has 0 N–H and O–H groups in total. The first-order valence-electron chi connectivity index (χ1n) is 6.89. The van der Waals surface area contributed by atoms with Crippen molar-refractivity contribution in [1.82, 2.24) is 4.98 Å². The van der Waals surface area contributed by atoms with Crippen molar-refractivity contribution in [3.05, 3.63) is 76.1 Å². The molecule has 2 heterocycles. The van der Waals surface area contributed by atoms with Gasteiger partial charge in [-0.2, -0.15) is 0 Å². The van der Waals surface area contributed by atoms with Gasteiger partial charge in [-0.25, -0.2) is 4.39 Å². The average Bonchev–Trinajstić information content (AvgIpc) is 2.89. The summed E-state index contributed by atoms with van der Waals surface area (Å²) >= 11 is 7.54. The van der Waals surface area contributed by atoms with Crippen molar-refractivity contribution >= 4 is 49.6 Å². The Morgan fingerprint density at radius 1 is 1.09 bits per heavy atom. The molecule has 0 fully saturated rings. The second-order valence-electron chi connectivity index (χ2n) is 5.15. The zero-order valence-corrected chi connectivity index (χ0v) is 13.3. The van der Waals surface area contributed by atoms with E-state index >= 15 is 0 Å². The lowest BCUT2D eigenvalue weighted by atomic mass is 10.0. The predicted molar refractivity (Wildman–Crippen MR) is 92.0 cm³/mol. The summed E-state index contributed by atoms with van der Waals surface area (Å²) < 4.78 is 14.0. The summed E-state index contributed by atoms with van der Waals surface area (Å²) in [4.78, 5) is 17.3. The number of hydrogen-bond acceptors (Lipinski definition) is 3. The van der Waals surface area contributed by atoms with E-state index in [1.165, 1.54) is 23.5 Å². The summed E-state index contributed by atoms with van der Waals surface area (Å²) in [5, 5.41) is 2.98. The monoisotopic (exact) mass is 341 g/mol. The summed E-state index contributed by atoms with van der Waals surface area (Å²) in [6.45, 7) is 0. The van der Waals surface area contributed by atoms with Gasteiger partial charge in [0.2, 0.25) is 5.78 Å². The van der Waals surface area contributed by atoms with E-state index < -0.39 is 0 Å². The Labute approximate surface area is 140 Å². The minimum atomic E-state index is -0.341. The van der Waals surface area contributed by atoms with Crippen molar-refractivity contribution in [2.75, 3.05) is 0 Å². The zero-order chi connectivity index (χ0) is 16.0. The molecular formula is C18H9ClFNOS. The van der Waals surface area contributed by atoms with Gasteiger partial charge in [0.05, 0.1) is 9.90 Å². The van der Waals surface area contributed by atoms with Crippen molar-refractivity contribution < 1.29 is 9.18 Å². The molecule has 23 heavy (non-hydrogen) atoms. The van der Waals surface area contributed by atoms with Crippen LogP contribution in [0.4, 0.5) is 4.39 Å². The number of hydrogen-bond donors (Lipinski definition) is 0. The fourth-order valence-corrected chi connectivity index (χ4v) is 4.05. The molecule has 4 rings (SSSR count). The van der Waals surface area contributed by atoms with Gasteiger partial charge >= 0.3 is 0 Å². The third kappa shape index (κ3) is 2.40. The summed E-state index contributed by atoms with van der Waals surface area (Å²) in [5.41, 5.74) is 0.541. The number of pyridine rings is 1. The summed E-state index contributed by atoms with van der Waals surface area (Å²) in [6, 6.07) is 11.7. The highest BCUT2D eigenvalue weighted by atomic mass is 35.5. The van der Waals surface area contributed by atoms with E-state index in [4.69, 9.17) is 11.6 Å². The summed E-state index contributed by atoms with van der Waals surface area (Å²) in [6.07, 6.45) is 3.43. The topological polar surface area (TPSA) is 30.0 Å². The molecule has 0 spiro atoms. The molecule has 0 saturated carbocycles. The molecule has 0 saturated heterocycles. The van der Waals surface area contributed by atoms with Crippen molar-refractivity contribution in [3.63, 3.8) is 0 Å². The lowest BCUT2D eigenvalue weighted by Gasteiger charge is -2.02. The molecule has 0 aliphatic rings. The Hall–Kier alpha value is -2.30. The molecule has 0 atom stereocenters. The molecule has 0 aliphatic heterocycles. The van der Waals surface area contributed by atoms with E-state index in [1.54, 1.807) is 30.6 Å².